The fourth-order valence-electron chi connectivity index (χ4n) is 3.02. The van der Waals surface area contributed by atoms with E-state index in [4.69, 9.17) is 0 Å². The first-order valence-electron chi connectivity index (χ1n) is 8.36. The quantitative estimate of drug-likeness (QED) is 0.485. The number of nitrogens with one attached hydrogen (secondary N) is 2. The molecule has 0 saturated carbocycles. The van der Waals surface area contributed by atoms with Gasteiger partial charge in [-0.2, -0.15) is 0 Å². The highest BCUT2D eigenvalue weighted by Gasteiger charge is 2.20. The highest BCUT2D eigenvalue weighted by molar-refractivity contribution is 9.10. The lowest BCUT2D eigenvalue weighted by molar-refractivity contribution is 0.0941. The molecular formula is C21H15BrFN3O. The van der Waals surface area contributed by atoms with Crippen molar-refractivity contribution in [2.75, 3.05) is 0 Å². The van der Waals surface area contributed by atoms with Crippen LogP contribution in [0, 0.1) is 5.82 Å². The molecule has 0 spiro atoms. The third kappa shape index (κ3) is 3.61. The van der Waals surface area contributed by atoms with Gasteiger partial charge in [0.15, 0.2) is 0 Å². The highest BCUT2D eigenvalue weighted by atomic mass is 79.9. The summed E-state index contributed by atoms with van der Waals surface area (Å²) in [5.41, 5.74) is 3.81. The Kier molecular flexibility index (Phi) is 4.73. The first-order chi connectivity index (χ1) is 13.1. The Morgan fingerprint density at radius 3 is 2.67 bits per heavy atom. The smallest absolute Gasteiger partial charge is 0.253 e. The van der Waals surface area contributed by atoms with Crippen molar-refractivity contribution in [3.63, 3.8) is 0 Å². The van der Waals surface area contributed by atoms with E-state index in [2.05, 4.69) is 31.2 Å². The van der Waals surface area contributed by atoms with E-state index in [-0.39, 0.29) is 17.5 Å². The molecule has 1 unspecified atom stereocenters. The van der Waals surface area contributed by atoms with E-state index in [0.29, 0.717) is 4.47 Å². The zero-order valence-electron chi connectivity index (χ0n) is 14.1. The fourth-order valence-corrected chi connectivity index (χ4v) is 3.44. The molecule has 4 nitrogen and oxygen atoms in total. The minimum absolute atomic E-state index is 0.249. The number of halogens is 2. The van der Waals surface area contributed by atoms with Gasteiger partial charge in [0.2, 0.25) is 0 Å². The predicted molar refractivity (Wildman–Crippen MR) is 106 cm³/mol. The van der Waals surface area contributed by atoms with E-state index >= 15 is 0 Å². The molecule has 134 valence electrons. The molecule has 27 heavy (non-hydrogen) atoms. The van der Waals surface area contributed by atoms with Gasteiger partial charge in [-0.1, -0.05) is 36.4 Å². The minimum atomic E-state index is -0.460. The first-order valence-corrected chi connectivity index (χ1v) is 9.15. The van der Waals surface area contributed by atoms with E-state index < -0.39 is 5.82 Å². The number of nitrogens with zero attached hydrogens (tertiary/aromatic N) is 1. The van der Waals surface area contributed by atoms with Gasteiger partial charge in [-0.05, 0) is 57.4 Å². The number of imidazole rings is 1. The van der Waals surface area contributed by atoms with Crippen LogP contribution < -0.4 is 5.32 Å². The van der Waals surface area contributed by atoms with E-state index in [1.54, 1.807) is 6.33 Å². The average Bonchev–Trinajstić information content (AvgIpc) is 3.16. The van der Waals surface area contributed by atoms with Gasteiger partial charge < -0.3 is 10.3 Å². The second kappa shape index (κ2) is 7.32. The van der Waals surface area contributed by atoms with Crippen molar-refractivity contribution in [2.45, 2.75) is 6.04 Å². The Labute approximate surface area is 163 Å². The third-order valence-corrected chi connectivity index (χ3v) is 5.05. The molecule has 0 bridgehead atoms. The van der Waals surface area contributed by atoms with Crippen molar-refractivity contribution in [3.8, 4) is 0 Å². The van der Waals surface area contributed by atoms with Crippen LogP contribution in [0.1, 0.15) is 27.5 Å². The molecule has 1 atom stereocenters. The Morgan fingerprint density at radius 2 is 1.85 bits per heavy atom. The van der Waals surface area contributed by atoms with Gasteiger partial charge in [-0.15, -0.1) is 0 Å². The number of fused-ring (bicyclic) bond motifs is 1. The number of hydrogen-bond acceptors (Lipinski definition) is 2. The highest BCUT2D eigenvalue weighted by Crippen LogP contribution is 2.26. The summed E-state index contributed by atoms with van der Waals surface area (Å²) in [6.07, 6.45) is 1.63. The monoisotopic (exact) mass is 423 g/mol. The number of aromatic amines is 1. The summed E-state index contributed by atoms with van der Waals surface area (Å²) >= 11 is 3.32. The van der Waals surface area contributed by atoms with Gasteiger partial charge in [-0.3, -0.25) is 4.79 Å². The molecule has 2 N–H and O–H groups in total. The number of benzene rings is 3. The van der Waals surface area contributed by atoms with Crippen molar-refractivity contribution in [2.24, 2.45) is 0 Å². The molecule has 0 aliphatic rings. The van der Waals surface area contributed by atoms with Crippen molar-refractivity contribution in [1.29, 1.82) is 0 Å². The summed E-state index contributed by atoms with van der Waals surface area (Å²) < 4.78 is 14.2. The lowest BCUT2D eigenvalue weighted by Crippen LogP contribution is -2.29. The molecule has 0 radical (unpaired) electrons. The van der Waals surface area contributed by atoms with Crippen LogP contribution in [0.5, 0.6) is 0 Å². The average molecular weight is 424 g/mol. The number of amides is 1. The maximum Gasteiger partial charge on any atom is 0.253 e. The van der Waals surface area contributed by atoms with Crippen LogP contribution in [0.15, 0.2) is 77.5 Å². The number of rotatable bonds is 4. The number of hydrogen-bond donors (Lipinski definition) is 2. The zero-order chi connectivity index (χ0) is 18.8. The van der Waals surface area contributed by atoms with Crippen LogP contribution in [-0.2, 0) is 0 Å². The largest absolute Gasteiger partial charge is 0.345 e. The van der Waals surface area contributed by atoms with Crippen LogP contribution in [0.3, 0.4) is 0 Å². The molecular weight excluding hydrogens is 409 g/mol. The summed E-state index contributed by atoms with van der Waals surface area (Å²) in [7, 11) is 0. The number of carbonyl (C=O) groups excluding carboxylic acids is 1. The van der Waals surface area contributed by atoms with Crippen LogP contribution in [-0.4, -0.2) is 15.9 Å². The van der Waals surface area contributed by atoms with Gasteiger partial charge in [-0.25, -0.2) is 9.37 Å². The van der Waals surface area contributed by atoms with Crippen LogP contribution >= 0.6 is 15.9 Å². The van der Waals surface area contributed by atoms with Crippen molar-refractivity contribution >= 4 is 32.9 Å². The predicted octanol–water partition coefficient (Wildman–Crippen LogP) is 4.98. The minimum Gasteiger partial charge on any atom is -0.345 e. The van der Waals surface area contributed by atoms with Crippen LogP contribution in [0.2, 0.25) is 0 Å². The third-order valence-electron chi connectivity index (χ3n) is 4.36. The zero-order valence-corrected chi connectivity index (χ0v) is 15.7. The standard InChI is InChI=1S/C21H15BrFN3O/c22-17-8-7-15(23)11-16(17)21(27)26-20(13-4-2-1-3-5-13)14-6-9-18-19(10-14)25-12-24-18/h1-12,20H,(H,24,25)(H,26,27). The second-order valence-electron chi connectivity index (χ2n) is 6.12. The van der Waals surface area contributed by atoms with Crippen LogP contribution in [0.4, 0.5) is 4.39 Å². The number of carbonyl (C=O) groups is 1. The molecule has 0 aliphatic heterocycles. The summed E-state index contributed by atoms with van der Waals surface area (Å²) in [6.45, 7) is 0. The summed E-state index contributed by atoms with van der Waals surface area (Å²) in [5, 5.41) is 3.02. The molecule has 6 heteroatoms. The maximum atomic E-state index is 13.6. The van der Waals surface area contributed by atoms with Crippen molar-refractivity contribution < 1.29 is 9.18 Å². The summed E-state index contributed by atoms with van der Waals surface area (Å²) in [5.74, 6) is -0.821. The van der Waals surface area contributed by atoms with Crippen LogP contribution in [0.25, 0.3) is 11.0 Å². The first kappa shape index (κ1) is 17.4. The summed E-state index contributed by atoms with van der Waals surface area (Å²) in [6, 6.07) is 19.1. The molecule has 1 heterocycles. The Morgan fingerprint density at radius 1 is 1.04 bits per heavy atom. The lowest BCUT2D eigenvalue weighted by atomic mass is 9.97. The van der Waals surface area contributed by atoms with Gasteiger partial charge >= 0.3 is 0 Å². The molecule has 1 aromatic heterocycles. The Hall–Kier alpha value is -2.99. The van der Waals surface area contributed by atoms with Gasteiger partial charge in [0.25, 0.3) is 5.91 Å². The van der Waals surface area contributed by atoms with E-state index in [0.717, 1.165) is 22.2 Å². The van der Waals surface area contributed by atoms with E-state index in [9.17, 15) is 9.18 Å². The topological polar surface area (TPSA) is 57.8 Å². The molecule has 4 aromatic rings. The number of H-pyrrole nitrogens is 1. The molecule has 1 amide bonds. The van der Waals surface area contributed by atoms with Gasteiger partial charge in [0.05, 0.1) is 29.0 Å². The van der Waals surface area contributed by atoms with Gasteiger partial charge in [0.1, 0.15) is 5.82 Å². The molecule has 0 aliphatic carbocycles. The molecule has 3 aromatic carbocycles. The normalized spacial score (nSPS) is 12.1. The van der Waals surface area contributed by atoms with Gasteiger partial charge in [0, 0.05) is 4.47 Å². The lowest BCUT2D eigenvalue weighted by Gasteiger charge is -2.20. The SMILES string of the molecule is O=C(NC(c1ccccc1)c1ccc2nc[nH]c2c1)c1cc(F)ccc1Br. The van der Waals surface area contributed by atoms with E-state index in [1.165, 1.54) is 18.2 Å². The van der Waals surface area contributed by atoms with Crippen molar-refractivity contribution in [3.05, 3.63) is 100 Å². The molecule has 0 fully saturated rings. The second-order valence-corrected chi connectivity index (χ2v) is 6.97. The van der Waals surface area contributed by atoms with E-state index in [1.807, 2.05) is 48.5 Å². The molecule has 4 rings (SSSR count). The maximum absolute atomic E-state index is 13.6. The Balaban J connectivity index is 1.74. The van der Waals surface area contributed by atoms with Crippen molar-refractivity contribution in [1.82, 2.24) is 15.3 Å². The fraction of sp³-hybridized carbons (Fsp3) is 0.0476. The molecule has 0 saturated heterocycles. The Bertz CT molecular complexity index is 1110. The number of aromatic nitrogens is 2. The summed E-state index contributed by atoms with van der Waals surface area (Å²) in [4.78, 5) is 20.2.